The summed E-state index contributed by atoms with van der Waals surface area (Å²) in [6.07, 6.45) is 3.01. The molecule has 3 aromatic rings. The van der Waals surface area contributed by atoms with Gasteiger partial charge in [0.15, 0.2) is 11.5 Å². The van der Waals surface area contributed by atoms with Gasteiger partial charge in [0.2, 0.25) is 5.75 Å². The van der Waals surface area contributed by atoms with Gasteiger partial charge in [0.25, 0.3) is 5.91 Å². The number of aromatic nitrogens is 1. The van der Waals surface area contributed by atoms with Crippen LogP contribution in [0, 0.1) is 0 Å². The van der Waals surface area contributed by atoms with Gasteiger partial charge in [0.05, 0.1) is 21.3 Å². The highest BCUT2D eigenvalue weighted by Crippen LogP contribution is 2.39. The summed E-state index contributed by atoms with van der Waals surface area (Å²) in [6, 6.07) is 11.7. The van der Waals surface area contributed by atoms with Gasteiger partial charge >= 0.3 is 0 Å². The van der Waals surface area contributed by atoms with Crippen molar-refractivity contribution >= 4 is 16.8 Å². The summed E-state index contributed by atoms with van der Waals surface area (Å²) in [5.41, 5.74) is 2.94. The van der Waals surface area contributed by atoms with Crippen LogP contribution in [0.25, 0.3) is 10.9 Å². The normalized spacial score (nSPS) is 16.4. The first kappa shape index (κ1) is 18.2. The lowest BCUT2D eigenvalue weighted by atomic mass is 9.98. The first-order valence-electron chi connectivity index (χ1n) is 9.31. The summed E-state index contributed by atoms with van der Waals surface area (Å²) in [4.78, 5) is 18.4. The van der Waals surface area contributed by atoms with E-state index in [-0.39, 0.29) is 5.91 Å². The molecule has 146 valence electrons. The van der Waals surface area contributed by atoms with Crippen molar-refractivity contribution in [1.29, 1.82) is 0 Å². The lowest BCUT2D eigenvalue weighted by Crippen LogP contribution is -2.28. The van der Waals surface area contributed by atoms with Crippen LogP contribution in [0.2, 0.25) is 0 Å². The van der Waals surface area contributed by atoms with Gasteiger partial charge in [-0.3, -0.25) is 4.79 Å². The predicted octanol–water partition coefficient (Wildman–Crippen LogP) is 3.82. The summed E-state index contributed by atoms with van der Waals surface area (Å²) < 4.78 is 16.1. The monoisotopic (exact) mass is 380 g/mol. The van der Waals surface area contributed by atoms with Gasteiger partial charge in [0.1, 0.15) is 0 Å². The number of benzene rings is 2. The average molecular weight is 380 g/mol. The van der Waals surface area contributed by atoms with Gasteiger partial charge in [0, 0.05) is 41.7 Å². The summed E-state index contributed by atoms with van der Waals surface area (Å²) in [7, 11) is 4.65. The van der Waals surface area contributed by atoms with E-state index in [1.165, 1.54) is 10.9 Å². The van der Waals surface area contributed by atoms with E-state index in [2.05, 4.69) is 23.3 Å². The van der Waals surface area contributed by atoms with Crippen LogP contribution in [0.4, 0.5) is 0 Å². The Balaban J connectivity index is 1.58. The molecule has 1 saturated heterocycles. The van der Waals surface area contributed by atoms with Crippen LogP contribution in [0.1, 0.15) is 28.3 Å². The topological polar surface area (TPSA) is 63.8 Å². The van der Waals surface area contributed by atoms with E-state index in [9.17, 15) is 4.79 Å². The van der Waals surface area contributed by atoms with Crippen LogP contribution in [0.15, 0.2) is 42.6 Å². The maximum absolute atomic E-state index is 13.1. The minimum Gasteiger partial charge on any atom is -0.493 e. The molecule has 1 aromatic heterocycles. The Morgan fingerprint density at radius 2 is 1.79 bits per heavy atom. The number of aromatic amines is 1. The number of ether oxygens (including phenoxy) is 3. The summed E-state index contributed by atoms with van der Waals surface area (Å²) >= 11 is 0. The number of fused-ring (bicyclic) bond motifs is 1. The van der Waals surface area contributed by atoms with Crippen molar-refractivity contribution in [1.82, 2.24) is 9.88 Å². The van der Waals surface area contributed by atoms with Crippen molar-refractivity contribution in [2.45, 2.75) is 12.3 Å². The first-order chi connectivity index (χ1) is 13.7. The highest BCUT2D eigenvalue weighted by Gasteiger charge is 2.30. The molecule has 28 heavy (non-hydrogen) atoms. The molecule has 0 radical (unpaired) electrons. The fourth-order valence-corrected chi connectivity index (χ4v) is 4.02. The predicted molar refractivity (Wildman–Crippen MR) is 108 cm³/mol. The lowest BCUT2D eigenvalue weighted by Gasteiger charge is -2.19. The van der Waals surface area contributed by atoms with Crippen LogP contribution in [-0.4, -0.2) is 50.2 Å². The van der Waals surface area contributed by atoms with Crippen molar-refractivity contribution in [2.24, 2.45) is 0 Å². The number of amides is 1. The molecule has 6 nitrogen and oxygen atoms in total. The number of nitrogens with one attached hydrogen (secondary N) is 1. The Bertz CT molecular complexity index is 986. The van der Waals surface area contributed by atoms with Crippen LogP contribution in [0.3, 0.4) is 0 Å². The van der Waals surface area contributed by atoms with E-state index in [0.29, 0.717) is 35.3 Å². The summed E-state index contributed by atoms with van der Waals surface area (Å²) in [5.74, 6) is 1.75. The van der Waals surface area contributed by atoms with Crippen molar-refractivity contribution < 1.29 is 19.0 Å². The molecular weight excluding hydrogens is 356 g/mol. The van der Waals surface area contributed by atoms with E-state index >= 15 is 0 Å². The Morgan fingerprint density at radius 3 is 2.46 bits per heavy atom. The highest BCUT2D eigenvalue weighted by molar-refractivity contribution is 5.96. The number of carbonyl (C=O) groups is 1. The van der Waals surface area contributed by atoms with Crippen molar-refractivity contribution in [2.75, 3.05) is 34.4 Å². The Kier molecular flexibility index (Phi) is 4.86. The summed E-state index contributed by atoms with van der Waals surface area (Å²) in [5, 5.41) is 1.23. The largest absolute Gasteiger partial charge is 0.493 e. The van der Waals surface area contributed by atoms with E-state index in [1.807, 2.05) is 17.0 Å². The second-order valence-electron chi connectivity index (χ2n) is 6.94. The SMILES string of the molecule is COc1cc(C(=O)N2CCC(c3c[nH]c4ccccc34)C2)cc(OC)c1OC. The number of para-hydroxylation sites is 1. The zero-order chi connectivity index (χ0) is 19.7. The highest BCUT2D eigenvalue weighted by atomic mass is 16.5. The molecule has 1 N–H and O–H groups in total. The average Bonchev–Trinajstić information content (AvgIpc) is 3.38. The third-order valence-electron chi connectivity index (χ3n) is 5.45. The fourth-order valence-electron chi connectivity index (χ4n) is 4.02. The number of carbonyl (C=O) groups excluding carboxylic acids is 1. The standard InChI is InChI=1S/C22H24N2O4/c1-26-19-10-15(11-20(27-2)21(19)28-3)22(25)24-9-8-14(13-24)17-12-23-18-7-5-4-6-16(17)18/h4-7,10-12,14,23H,8-9,13H2,1-3H3. The zero-order valence-corrected chi connectivity index (χ0v) is 16.3. The van der Waals surface area contributed by atoms with E-state index in [1.54, 1.807) is 33.5 Å². The molecule has 4 rings (SSSR count). The molecule has 2 aromatic carbocycles. The van der Waals surface area contributed by atoms with Gasteiger partial charge in [-0.25, -0.2) is 0 Å². The number of rotatable bonds is 5. The molecule has 1 aliphatic heterocycles. The maximum Gasteiger partial charge on any atom is 0.254 e. The third-order valence-corrected chi connectivity index (χ3v) is 5.45. The Morgan fingerprint density at radius 1 is 1.07 bits per heavy atom. The smallest absolute Gasteiger partial charge is 0.254 e. The fraction of sp³-hybridized carbons (Fsp3) is 0.318. The number of methoxy groups -OCH3 is 3. The maximum atomic E-state index is 13.1. The number of hydrogen-bond acceptors (Lipinski definition) is 4. The van der Waals surface area contributed by atoms with Gasteiger partial charge in [-0.05, 0) is 30.2 Å². The lowest BCUT2D eigenvalue weighted by molar-refractivity contribution is 0.0790. The molecule has 1 fully saturated rings. The molecule has 1 amide bonds. The van der Waals surface area contributed by atoms with Gasteiger partial charge in [-0.15, -0.1) is 0 Å². The first-order valence-corrected chi connectivity index (χ1v) is 9.31. The van der Waals surface area contributed by atoms with Crippen LogP contribution in [0.5, 0.6) is 17.2 Å². The molecule has 0 aliphatic carbocycles. The van der Waals surface area contributed by atoms with Gasteiger partial charge < -0.3 is 24.1 Å². The minimum absolute atomic E-state index is 0.0263. The molecular formula is C22H24N2O4. The summed E-state index contributed by atoms with van der Waals surface area (Å²) in [6.45, 7) is 1.41. The second kappa shape index (κ2) is 7.46. The van der Waals surface area contributed by atoms with Gasteiger partial charge in [-0.1, -0.05) is 18.2 Å². The number of H-pyrrole nitrogens is 1. The Hall–Kier alpha value is -3.15. The van der Waals surface area contributed by atoms with Crippen molar-refractivity contribution in [3.63, 3.8) is 0 Å². The number of hydrogen-bond donors (Lipinski definition) is 1. The van der Waals surface area contributed by atoms with E-state index in [0.717, 1.165) is 18.5 Å². The molecule has 0 saturated carbocycles. The molecule has 1 atom stereocenters. The molecule has 0 spiro atoms. The molecule has 1 aliphatic rings. The molecule has 6 heteroatoms. The third kappa shape index (κ3) is 3.05. The van der Waals surface area contributed by atoms with Crippen molar-refractivity contribution in [3.8, 4) is 17.2 Å². The number of nitrogens with zero attached hydrogens (tertiary/aromatic N) is 1. The minimum atomic E-state index is -0.0263. The van der Waals surface area contributed by atoms with E-state index in [4.69, 9.17) is 14.2 Å². The quantitative estimate of drug-likeness (QED) is 0.731. The molecule has 1 unspecified atom stereocenters. The van der Waals surface area contributed by atoms with Gasteiger partial charge in [-0.2, -0.15) is 0 Å². The van der Waals surface area contributed by atoms with E-state index < -0.39 is 0 Å². The molecule has 2 heterocycles. The second-order valence-corrected chi connectivity index (χ2v) is 6.94. The van der Waals surface area contributed by atoms with Crippen LogP contribution >= 0.6 is 0 Å². The van der Waals surface area contributed by atoms with Crippen LogP contribution < -0.4 is 14.2 Å². The number of likely N-dealkylation sites (tertiary alicyclic amines) is 1. The van der Waals surface area contributed by atoms with Crippen LogP contribution in [-0.2, 0) is 0 Å². The molecule has 0 bridgehead atoms. The van der Waals surface area contributed by atoms with Crippen molar-refractivity contribution in [3.05, 3.63) is 53.7 Å². The zero-order valence-electron chi connectivity index (χ0n) is 16.3. The Labute approximate surface area is 164 Å².